The lowest BCUT2D eigenvalue weighted by molar-refractivity contribution is 0.181. The number of hydrogen-bond donors (Lipinski definition) is 1. The van der Waals surface area contributed by atoms with Crippen molar-refractivity contribution in [2.24, 2.45) is 0 Å². The van der Waals surface area contributed by atoms with Gasteiger partial charge in [-0.05, 0) is 30.0 Å². The summed E-state index contributed by atoms with van der Waals surface area (Å²) in [5.41, 5.74) is 4.39. The molecule has 1 saturated carbocycles. The molecular formula is C16H24N2. The fourth-order valence-corrected chi connectivity index (χ4v) is 3.56. The van der Waals surface area contributed by atoms with Crippen molar-refractivity contribution < 1.29 is 0 Å². The van der Waals surface area contributed by atoms with Gasteiger partial charge in [-0.3, -0.25) is 4.90 Å². The lowest BCUT2D eigenvalue weighted by Gasteiger charge is -2.26. The van der Waals surface area contributed by atoms with Crippen LogP contribution in [0.2, 0.25) is 0 Å². The Labute approximate surface area is 110 Å². The van der Waals surface area contributed by atoms with Crippen molar-refractivity contribution in [1.29, 1.82) is 0 Å². The Hall–Kier alpha value is -1.02. The molecule has 3 rings (SSSR count). The number of anilines is 1. The molecule has 1 fully saturated rings. The van der Waals surface area contributed by atoms with Gasteiger partial charge in [-0.2, -0.15) is 0 Å². The second-order valence-electron chi connectivity index (χ2n) is 5.74. The zero-order valence-corrected chi connectivity index (χ0v) is 11.4. The predicted molar refractivity (Wildman–Crippen MR) is 76.7 cm³/mol. The molecule has 0 bridgehead atoms. The van der Waals surface area contributed by atoms with Gasteiger partial charge >= 0.3 is 0 Å². The average molecular weight is 244 g/mol. The van der Waals surface area contributed by atoms with Crippen molar-refractivity contribution in [3.8, 4) is 0 Å². The van der Waals surface area contributed by atoms with E-state index in [2.05, 4.69) is 28.4 Å². The van der Waals surface area contributed by atoms with Gasteiger partial charge in [0.05, 0.1) is 0 Å². The summed E-state index contributed by atoms with van der Waals surface area (Å²) in [6.07, 6.45) is 8.55. The van der Waals surface area contributed by atoms with Crippen LogP contribution in [0.5, 0.6) is 0 Å². The smallest absolute Gasteiger partial charge is 0.0386 e. The van der Waals surface area contributed by atoms with Gasteiger partial charge in [0.1, 0.15) is 0 Å². The monoisotopic (exact) mass is 244 g/mol. The van der Waals surface area contributed by atoms with E-state index in [-0.39, 0.29) is 0 Å². The summed E-state index contributed by atoms with van der Waals surface area (Å²) in [4.78, 5) is 2.71. The third-order valence-corrected chi connectivity index (χ3v) is 4.62. The molecule has 0 radical (unpaired) electrons. The largest absolute Gasteiger partial charge is 0.388 e. The summed E-state index contributed by atoms with van der Waals surface area (Å²) in [6.45, 7) is 2.31. The fraction of sp³-hybridized carbons (Fsp3) is 0.625. The Morgan fingerprint density at radius 2 is 1.83 bits per heavy atom. The summed E-state index contributed by atoms with van der Waals surface area (Å²) >= 11 is 0. The number of nitrogens with one attached hydrogen (secondary N) is 1. The summed E-state index contributed by atoms with van der Waals surface area (Å²) < 4.78 is 0. The molecule has 0 unspecified atom stereocenters. The van der Waals surface area contributed by atoms with E-state index in [1.807, 2.05) is 7.05 Å². The summed E-state index contributed by atoms with van der Waals surface area (Å²) in [5.74, 6) is 0. The van der Waals surface area contributed by atoms with Gasteiger partial charge in [0.15, 0.2) is 0 Å². The number of benzene rings is 1. The molecule has 1 aliphatic carbocycles. The maximum absolute atomic E-state index is 3.34. The molecule has 2 nitrogen and oxygen atoms in total. The third kappa shape index (κ3) is 2.26. The molecule has 1 heterocycles. The molecule has 1 aliphatic heterocycles. The normalized spacial score (nSPS) is 21.6. The van der Waals surface area contributed by atoms with E-state index >= 15 is 0 Å². The molecule has 0 saturated heterocycles. The SMILES string of the molecule is CNc1cccc2c1CN(C1CCCCCC1)C2. The number of fused-ring (bicyclic) bond motifs is 1. The van der Waals surface area contributed by atoms with Crippen LogP contribution in [-0.2, 0) is 13.1 Å². The van der Waals surface area contributed by atoms with Crippen molar-refractivity contribution in [2.45, 2.75) is 57.7 Å². The van der Waals surface area contributed by atoms with Crippen LogP contribution < -0.4 is 5.32 Å². The maximum Gasteiger partial charge on any atom is 0.0386 e. The van der Waals surface area contributed by atoms with Gasteiger partial charge in [-0.25, -0.2) is 0 Å². The first-order valence-corrected chi connectivity index (χ1v) is 7.41. The first-order chi connectivity index (χ1) is 8.88. The number of rotatable bonds is 2. The average Bonchev–Trinajstić information content (AvgIpc) is 2.65. The molecule has 0 atom stereocenters. The minimum Gasteiger partial charge on any atom is -0.388 e. The Morgan fingerprint density at radius 1 is 1.06 bits per heavy atom. The molecule has 0 amide bonds. The fourth-order valence-electron chi connectivity index (χ4n) is 3.56. The minimum atomic E-state index is 0.824. The summed E-state index contributed by atoms with van der Waals surface area (Å²) in [7, 11) is 2.03. The quantitative estimate of drug-likeness (QED) is 0.797. The molecule has 2 heteroatoms. The highest BCUT2D eigenvalue weighted by Gasteiger charge is 2.27. The van der Waals surface area contributed by atoms with Crippen LogP contribution in [0.25, 0.3) is 0 Å². The van der Waals surface area contributed by atoms with Crippen LogP contribution in [0.4, 0.5) is 5.69 Å². The molecule has 2 aliphatic rings. The highest BCUT2D eigenvalue weighted by molar-refractivity contribution is 5.55. The van der Waals surface area contributed by atoms with Crippen LogP contribution in [-0.4, -0.2) is 18.0 Å². The van der Waals surface area contributed by atoms with Crippen LogP contribution in [0, 0.1) is 0 Å². The zero-order chi connectivity index (χ0) is 12.4. The van der Waals surface area contributed by atoms with Gasteiger partial charge < -0.3 is 5.32 Å². The number of nitrogens with zero attached hydrogens (tertiary/aromatic N) is 1. The van der Waals surface area contributed by atoms with Crippen molar-refractivity contribution in [1.82, 2.24) is 4.90 Å². The van der Waals surface area contributed by atoms with Crippen molar-refractivity contribution >= 4 is 5.69 Å². The van der Waals surface area contributed by atoms with Gasteiger partial charge in [-0.15, -0.1) is 0 Å². The zero-order valence-electron chi connectivity index (χ0n) is 11.4. The van der Waals surface area contributed by atoms with E-state index in [1.165, 1.54) is 55.3 Å². The van der Waals surface area contributed by atoms with Crippen molar-refractivity contribution in [3.05, 3.63) is 29.3 Å². The van der Waals surface area contributed by atoms with E-state index in [0.29, 0.717) is 0 Å². The van der Waals surface area contributed by atoms with Gasteiger partial charge in [0, 0.05) is 31.9 Å². The maximum atomic E-state index is 3.34. The molecule has 1 aromatic carbocycles. The highest BCUT2D eigenvalue weighted by atomic mass is 15.2. The van der Waals surface area contributed by atoms with Crippen LogP contribution in [0.3, 0.4) is 0 Å². The first kappa shape index (κ1) is 12.0. The Bertz CT molecular complexity index is 406. The molecule has 0 spiro atoms. The summed E-state index contributed by atoms with van der Waals surface area (Å²) in [5, 5.41) is 3.34. The van der Waals surface area contributed by atoms with Gasteiger partial charge in [-0.1, -0.05) is 37.8 Å². The van der Waals surface area contributed by atoms with Crippen molar-refractivity contribution in [3.63, 3.8) is 0 Å². The van der Waals surface area contributed by atoms with Gasteiger partial charge in [0.2, 0.25) is 0 Å². The first-order valence-electron chi connectivity index (χ1n) is 7.41. The molecule has 1 N–H and O–H groups in total. The highest BCUT2D eigenvalue weighted by Crippen LogP contribution is 2.33. The van der Waals surface area contributed by atoms with Crippen LogP contribution >= 0.6 is 0 Å². The van der Waals surface area contributed by atoms with E-state index in [4.69, 9.17) is 0 Å². The number of hydrogen-bond acceptors (Lipinski definition) is 2. The van der Waals surface area contributed by atoms with Crippen molar-refractivity contribution in [2.75, 3.05) is 12.4 Å². The van der Waals surface area contributed by atoms with E-state index in [9.17, 15) is 0 Å². The second-order valence-corrected chi connectivity index (χ2v) is 5.74. The summed E-state index contributed by atoms with van der Waals surface area (Å²) in [6, 6.07) is 7.51. The Balaban J connectivity index is 1.75. The lowest BCUT2D eigenvalue weighted by atomic mass is 10.1. The topological polar surface area (TPSA) is 15.3 Å². The molecule has 1 aromatic rings. The van der Waals surface area contributed by atoms with E-state index in [0.717, 1.165) is 19.1 Å². The lowest BCUT2D eigenvalue weighted by Crippen LogP contribution is -2.30. The van der Waals surface area contributed by atoms with Crippen LogP contribution in [0.15, 0.2) is 18.2 Å². The molecular weight excluding hydrogens is 220 g/mol. The Kier molecular flexibility index (Phi) is 3.55. The van der Waals surface area contributed by atoms with E-state index in [1.54, 1.807) is 0 Å². The second kappa shape index (κ2) is 5.31. The molecule has 18 heavy (non-hydrogen) atoms. The molecule has 0 aromatic heterocycles. The molecule has 98 valence electrons. The third-order valence-electron chi connectivity index (χ3n) is 4.62. The standard InChI is InChI=1S/C16H24N2/c1-17-16-10-6-7-13-11-18(12-15(13)16)14-8-4-2-3-5-9-14/h6-7,10,14,17H,2-5,8-9,11-12H2,1H3. The van der Waals surface area contributed by atoms with Gasteiger partial charge in [0.25, 0.3) is 0 Å². The van der Waals surface area contributed by atoms with Crippen LogP contribution in [0.1, 0.15) is 49.7 Å². The Morgan fingerprint density at radius 3 is 2.56 bits per heavy atom. The minimum absolute atomic E-state index is 0.824. The van der Waals surface area contributed by atoms with E-state index < -0.39 is 0 Å². The predicted octanol–water partition coefficient (Wildman–Crippen LogP) is 3.77.